The number of benzene rings is 1. The highest BCUT2D eigenvalue weighted by atomic mass is 31.1. The van der Waals surface area contributed by atoms with Crippen LogP contribution in [0.25, 0.3) is 0 Å². The molecule has 0 N–H and O–H groups in total. The molecule has 20 heavy (non-hydrogen) atoms. The van der Waals surface area contributed by atoms with Crippen LogP contribution in [0.4, 0.5) is 0 Å². The topological polar surface area (TPSA) is 52.6 Å². The molecule has 0 spiro atoms. The first kappa shape index (κ1) is 16.8. The molecule has 0 bridgehead atoms. The maximum Gasteiger partial charge on any atom is 0.342 e. The second kappa shape index (κ2) is 8.83. The van der Waals surface area contributed by atoms with Gasteiger partial charge < -0.3 is 9.47 Å². The molecule has 1 rings (SSSR count). The van der Waals surface area contributed by atoms with Crippen LogP contribution < -0.4 is 0 Å². The second-order valence-corrected chi connectivity index (χ2v) is 5.10. The third-order valence-corrected chi connectivity index (χ3v) is 3.80. The highest BCUT2D eigenvalue weighted by molar-refractivity contribution is 7.23. The molecular weight excluding hydrogens is 275 g/mol. The van der Waals surface area contributed by atoms with E-state index in [2.05, 4.69) is 0 Å². The first-order valence-electron chi connectivity index (χ1n) is 6.88. The fourth-order valence-corrected chi connectivity index (χ4v) is 2.75. The molecule has 2 atom stereocenters. The van der Waals surface area contributed by atoms with E-state index in [0.717, 1.165) is 5.56 Å². The van der Waals surface area contributed by atoms with Crippen LogP contribution in [0.2, 0.25) is 0 Å². The van der Waals surface area contributed by atoms with Gasteiger partial charge in [-0.1, -0.05) is 34.9 Å². The van der Waals surface area contributed by atoms with Gasteiger partial charge >= 0.3 is 14.4 Å². The van der Waals surface area contributed by atoms with Gasteiger partial charge in [-0.25, -0.2) is 4.79 Å². The van der Waals surface area contributed by atoms with Crippen molar-refractivity contribution in [1.29, 1.82) is 0 Å². The van der Waals surface area contributed by atoms with E-state index in [0.29, 0.717) is 26.1 Å². The van der Waals surface area contributed by atoms with Gasteiger partial charge in [-0.05, 0) is 32.3 Å². The zero-order valence-electron chi connectivity index (χ0n) is 12.1. The van der Waals surface area contributed by atoms with Crippen molar-refractivity contribution in [3.05, 3.63) is 35.9 Å². The van der Waals surface area contributed by atoms with Crippen molar-refractivity contribution in [2.45, 2.75) is 32.3 Å². The normalized spacial score (nSPS) is 13.9. The van der Waals surface area contributed by atoms with Crippen LogP contribution >= 0.6 is 8.46 Å². The van der Waals surface area contributed by atoms with Crippen molar-refractivity contribution >= 4 is 14.4 Å². The molecule has 0 radical (unpaired) electrons. The first-order valence-corrected chi connectivity index (χ1v) is 8.00. The number of ether oxygens (including phenoxy) is 2. The molecule has 0 aromatic heterocycles. The van der Waals surface area contributed by atoms with Gasteiger partial charge in [0.15, 0.2) is 6.16 Å². The highest BCUT2D eigenvalue weighted by Crippen LogP contribution is 2.25. The van der Waals surface area contributed by atoms with Gasteiger partial charge in [0.1, 0.15) is 0 Å². The van der Waals surface area contributed by atoms with E-state index < -0.39 is 20.0 Å². The van der Waals surface area contributed by atoms with Crippen LogP contribution in [0.15, 0.2) is 30.3 Å². The molecule has 0 saturated heterocycles. The monoisotopic (exact) mass is 297 g/mol. The Morgan fingerprint density at radius 1 is 1.20 bits per heavy atom. The average molecular weight is 297 g/mol. The van der Waals surface area contributed by atoms with Gasteiger partial charge in [-0.15, -0.1) is 0 Å². The van der Waals surface area contributed by atoms with E-state index >= 15 is 0 Å². The van der Waals surface area contributed by atoms with Crippen molar-refractivity contribution in [3.63, 3.8) is 0 Å². The summed E-state index contributed by atoms with van der Waals surface area (Å²) < 4.78 is 21.8. The number of hydrogen-bond acceptors (Lipinski definition) is 4. The summed E-state index contributed by atoms with van der Waals surface area (Å²) in [5.74, 6) is -0.416. The molecule has 1 aromatic rings. The van der Waals surface area contributed by atoms with Gasteiger partial charge in [0, 0.05) is 6.61 Å². The Morgan fingerprint density at radius 2 is 1.90 bits per heavy atom. The Hall–Kier alpha value is -1.25. The first-order chi connectivity index (χ1) is 9.68. The third-order valence-electron chi connectivity index (χ3n) is 3.09. The summed E-state index contributed by atoms with van der Waals surface area (Å²) in [6, 6.07) is 9.86. The maximum atomic E-state index is 12.2. The summed E-state index contributed by atoms with van der Waals surface area (Å²) in [5, 5.41) is 0. The Bertz CT molecular complexity index is 421. The summed E-state index contributed by atoms with van der Waals surface area (Å²) >= 11 is 0. The van der Waals surface area contributed by atoms with Crippen LogP contribution in [0.3, 0.4) is 0 Å². The Kier molecular flexibility index (Phi) is 7.42. The molecule has 0 amide bonds. The van der Waals surface area contributed by atoms with Crippen LogP contribution in [0, 0.1) is 0 Å². The lowest BCUT2D eigenvalue weighted by Gasteiger charge is -2.26. The smallest absolute Gasteiger partial charge is 0.342 e. The van der Waals surface area contributed by atoms with Gasteiger partial charge in [0.25, 0.3) is 0 Å². The van der Waals surface area contributed by atoms with Crippen LogP contribution in [-0.4, -0.2) is 30.9 Å². The Morgan fingerprint density at radius 3 is 2.45 bits per heavy atom. The number of esters is 1. The quantitative estimate of drug-likeness (QED) is 0.519. The highest BCUT2D eigenvalue weighted by Gasteiger charge is 2.44. The minimum absolute atomic E-state index is 0.173. The summed E-state index contributed by atoms with van der Waals surface area (Å²) in [6.07, 6.45) is 1.33. The third kappa shape index (κ3) is 4.69. The van der Waals surface area contributed by atoms with E-state index in [4.69, 9.17) is 9.47 Å². The minimum Gasteiger partial charge on any atom is -0.464 e. The van der Waals surface area contributed by atoms with Crippen LogP contribution in [0.1, 0.15) is 25.8 Å². The molecule has 110 valence electrons. The largest absolute Gasteiger partial charge is 0.464 e. The predicted octanol–water partition coefficient (Wildman–Crippen LogP) is 2.98. The number of hydrogen-bond donors (Lipinski definition) is 0. The van der Waals surface area contributed by atoms with E-state index in [-0.39, 0.29) is 6.16 Å². The van der Waals surface area contributed by atoms with E-state index in [1.54, 1.807) is 6.92 Å². The van der Waals surface area contributed by atoms with Crippen LogP contribution in [-0.2, 0) is 25.3 Å². The SMILES string of the molecule is CCOC(=O)C(CCc1ccccc1)(C[PH+]=O)OCC. The van der Waals surface area contributed by atoms with Gasteiger partial charge in [0.05, 0.1) is 6.61 Å². The van der Waals surface area contributed by atoms with Crippen molar-refractivity contribution in [1.82, 2.24) is 0 Å². The molecule has 0 heterocycles. The molecule has 0 aliphatic rings. The molecule has 0 aliphatic carbocycles. The molecule has 0 fully saturated rings. The van der Waals surface area contributed by atoms with Crippen molar-refractivity contribution in [2.75, 3.05) is 19.4 Å². The number of aryl methyl sites for hydroxylation is 1. The zero-order valence-corrected chi connectivity index (χ0v) is 13.1. The van der Waals surface area contributed by atoms with Crippen molar-refractivity contribution < 1.29 is 18.8 Å². The summed E-state index contributed by atoms with van der Waals surface area (Å²) in [7, 11) is -0.592. The van der Waals surface area contributed by atoms with Gasteiger partial charge in [-0.2, -0.15) is 0 Å². The van der Waals surface area contributed by atoms with E-state index in [9.17, 15) is 9.36 Å². The van der Waals surface area contributed by atoms with Gasteiger partial charge in [0.2, 0.25) is 5.60 Å². The van der Waals surface area contributed by atoms with Crippen molar-refractivity contribution in [2.24, 2.45) is 0 Å². The molecule has 5 heteroatoms. The predicted molar refractivity (Wildman–Crippen MR) is 79.6 cm³/mol. The Labute approximate surface area is 121 Å². The number of carbonyl (C=O) groups is 1. The number of rotatable bonds is 9. The molecule has 4 nitrogen and oxygen atoms in total. The zero-order chi connectivity index (χ0) is 14.8. The molecule has 2 unspecified atom stereocenters. The molecule has 0 saturated carbocycles. The standard InChI is InChI=1S/C15H21O4P/c1-3-18-14(16)15(12-20-17,19-4-2)11-10-13-8-6-5-7-9-13/h5-9H,3-4,10-12H2,1-2H3/p+1. The lowest BCUT2D eigenvalue weighted by atomic mass is 9.96. The fourth-order valence-electron chi connectivity index (χ4n) is 2.09. The number of carbonyl (C=O) groups excluding carboxylic acids is 1. The minimum atomic E-state index is -1.10. The van der Waals surface area contributed by atoms with Crippen molar-refractivity contribution in [3.8, 4) is 0 Å². The van der Waals surface area contributed by atoms with Crippen LogP contribution in [0.5, 0.6) is 0 Å². The summed E-state index contributed by atoms with van der Waals surface area (Å²) in [5.41, 5.74) is 0.0240. The maximum absolute atomic E-state index is 12.2. The lowest BCUT2D eigenvalue weighted by Crippen LogP contribution is -2.45. The van der Waals surface area contributed by atoms with E-state index in [1.165, 1.54) is 0 Å². The molecule has 0 aliphatic heterocycles. The summed E-state index contributed by atoms with van der Waals surface area (Å²) in [4.78, 5) is 12.2. The van der Waals surface area contributed by atoms with Gasteiger partial charge in [-0.3, -0.25) is 0 Å². The van der Waals surface area contributed by atoms with E-state index in [1.807, 2.05) is 37.3 Å². The lowest BCUT2D eigenvalue weighted by molar-refractivity contribution is -0.169. The molecular formula is C15H22O4P+. The Balaban J connectivity index is 2.84. The summed E-state index contributed by atoms with van der Waals surface area (Å²) in [6.45, 7) is 4.26. The second-order valence-electron chi connectivity index (χ2n) is 4.45. The molecule has 1 aromatic carbocycles. The average Bonchev–Trinajstić information content (AvgIpc) is 2.46. The fraction of sp³-hybridized carbons (Fsp3) is 0.533.